The molecule has 0 atom stereocenters. The number of nitrogens with one attached hydrogen (secondary N) is 1. The predicted octanol–water partition coefficient (Wildman–Crippen LogP) is -0.0443. The molecule has 0 radical (unpaired) electrons. The number of carbonyl (C=O) groups excluding carboxylic acids is 2. The van der Waals surface area contributed by atoms with Gasteiger partial charge in [-0.2, -0.15) is 0 Å². The van der Waals surface area contributed by atoms with E-state index in [1.807, 2.05) is 29.7 Å². The molecule has 0 aromatic heterocycles. The highest BCUT2D eigenvalue weighted by atomic mass is 16.2. The van der Waals surface area contributed by atoms with Crippen molar-refractivity contribution < 1.29 is 9.59 Å². The zero-order valence-corrected chi connectivity index (χ0v) is 8.77. The molecular weight excluding hydrogens is 206 g/mol. The number of para-hydroxylation sites is 1. The number of hydrogen-bond donors (Lipinski definition) is 2. The van der Waals surface area contributed by atoms with E-state index in [9.17, 15) is 9.59 Å². The van der Waals surface area contributed by atoms with Crippen LogP contribution in [-0.4, -0.2) is 18.4 Å². The van der Waals surface area contributed by atoms with E-state index in [0.29, 0.717) is 6.42 Å². The molecule has 16 heavy (non-hydrogen) atoms. The van der Waals surface area contributed by atoms with E-state index in [0.717, 1.165) is 17.7 Å². The third-order valence-corrected chi connectivity index (χ3v) is 2.65. The van der Waals surface area contributed by atoms with Crippen molar-refractivity contribution in [1.29, 1.82) is 0 Å². The Morgan fingerprint density at radius 3 is 2.88 bits per heavy atom. The van der Waals surface area contributed by atoms with E-state index < -0.39 is 0 Å². The van der Waals surface area contributed by atoms with Gasteiger partial charge in [-0.05, 0) is 18.1 Å². The third-order valence-electron chi connectivity index (χ3n) is 2.65. The maximum Gasteiger partial charge on any atom is 0.253 e. The van der Waals surface area contributed by atoms with Gasteiger partial charge in [0.25, 0.3) is 5.91 Å². The van der Waals surface area contributed by atoms with Crippen LogP contribution in [0.3, 0.4) is 0 Å². The molecule has 5 nitrogen and oxygen atoms in total. The number of nitrogens with two attached hydrogens (primary N) is 1. The van der Waals surface area contributed by atoms with Crippen molar-refractivity contribution >= 4 is 17.5 Å². The van der Waals surface area contributed by atoms with Crippen LogP contribution in [0.25, 0.3) is 0 Å². The van der Waals surface area contributed by atoms with Gasteiger partial charge in [-0.3, -0.25) is 15.0 Å². The minimum Gasteiger partial charge on any atom is -0.303 e. The summed E-state index contributed by atoms with van der Waals surface area (Å²) in [4.78, 5) is 24.4. The summed E-state index contributed by atoms with van der Waals surface area (Å²) in [5.41, 5.74) is 3.93. The summed E-state index contributed by atoms with van der Waals surface area (Å²) in [5, 5.41) is 0. The van der Waals surface area contributed by atoms with Crippen LogP contribution in [0.1, 0.15) is 12.0 Å². The fourth-order valence-corrected chi connectivity index (χ4v) is 1.86. The van der Waals surface area contributed by atoms with E-state index in [1.165, 1.54) is 4.90 Å². The Morgan fingerprint density at radius 2 is 2.12 bits per heavy atom. The third kappa shape index (κ3) is 1.90. The van der Waals surface area contributed by atoms with Crippen molar-refractivity contribution in [3.05, 3.63) is 29.8 Å². The highest BCUT2D eigenvalue weighted by Crippen LogP contribution is 2.26. The summed E-state index contributed by atoms with van der Waals surface area (Å²) in [5.74, 6) is 4.61. The van der Waals surface area contributed by atoms with Crippen LogP contribution in [0.2, 0.25) is 0 Å². The molecular formula is C11H13N3O2. The maximum absolute atomic E-state index is 11.7. The Morgan fingerprint density at radius 1 is 1.38 bits per heavy atom. The second-order valence-corrected chi connectivity index (χ2v) is 3.68. The zero-order valence-electron chi connectivity index (χ0n) is 8.77. The molecule has 0 bridgehead atoms. The molecule has 2 amide bonds. The van der Waals surface area contributed by atoms with Crippen LogP contribution in [0.15, 0.2) is 24.3 Å². The second-order valence-electron chi connectivity index (χ2n) is 3.68. The van der Waals surface area contributed by atoms with Crippen LogP contribution >= 0.6 is 0 Å². The molecule has 2 rings (SSSR count). The largest absolute Gasteiger partial charge is 0.303 e. The summed E-state index contributed by atoms with van der Waals surface area (Å²) in [6.07, 6.45) is 1.17. The Hall–Kier alpha value is -1.88. The number of rotatable bonds is 2. The zero-order chi connectivity index (χ0) is 11.5. The summed E-state index contributed by atoms with van der Waals surface area (Å²) in [7, 11) is 0. The van der Waals surface area contributed by atoms with Gasteiger partial charge in [-0.15, -0.1) is 0 Å². The van der Waals surface area contributed by atoms with Gasteiger partial charge in [0.2, 0.25) is 5.91 Å². The second kappa shape index (κ2) is 4.32. The van der Waals surface area contributed by atoms with Gasteiger partial charge in [0, 0.05) is 12.1 Å². The lowest BCUT2D eigenvalue weighted by atomic mass is 10.0. The lowest BCUT2D eigenvalue weighted by Crippen LogP contribution is -2.44. The molecule has 0 unspecified atom stereocenters. The Labute approximate surface area is 93.2 Å². The van der Waals surface area contributed by atoms with Gasteiger partial charge in [-0.1, -0.05) is 18.2 Å². The van der Waals surface area contributed by atoms with Crippen molar-refractivity contribution in [2.75, 3.05) is 11.4 Å². The van der Waals surface area contributed by atoms with Gasteiger partial charge in [0.15, 0.2) is 0 Å². The fraction of sp³-hybridized carbons (Fsp3) is 0.273. The smallest absolute Gasteiger partial charge is 0.253 e. The van der Waals surface area contributed by atoms with E-state index in [1.54, 1.807) is 0 Å². The highest BCUT2D eigenvalue weighted by Gasteiger charge is 2.25. The molecule has 0 saturated heterocycles. The Balaban J connectivity index is 2.29. The topological polar surface area (TPSA) is 75.4 Å². The first kappa shape index (κ1) is 10.6. The van der Waals surface area contributed by atoms with Crippen molar-refractivity contribution in [3.8, 4) is 0 Å². The quantitative estimate of drug-likeness (QED) is 0.416. The molecule has 0 spiro atoms. The number of aryl methyl sites for hydroxylation is 1. The average Bonchev–Trinajstić information content (AvgIpc) is 2.32. The molecule has 5 heteroatoms. The Bertz CT molecular complexity index is 431. The average molecular weight is 219 g/mol. The summed E-state index contributed by atoms with van der Waals surface area (Å²) >= 11 is 0. The first-order valence-corrected chi connectivity index (χ1v) is 5.10. The van der Waals surface area contributed by atoms with Gasteiger partial charge >= 0.3 is 0 Å². The van der Waals surface area contributed by atoms with Crippen LogP contribution in [0.5, 0.6) is 0 Å². The van der Waals surface area contributed by atoms with Gasteiger partial charge in [-0.25, -0.2) is 5.84 Å². The number of hydrogen-bond acceptors (Lipinski definition) is 3. The number of fused-ring (bicyclic) bond motifs is 1. The Kier molecular flexibility index (Phi) is 2.87. The van der Waals surface area contributed by atoms with Crippen molar-refractivity contribution in [2.45, 2.75) is 12.8 Å². The van der Waals surface area contributed by atoms with Crippen molar-refractivity contribution in [3.63, 3.8) is 0 Å². The normalized spacial score (nSPS) is 14.6. The number of benzene rings is 1. The molecule has 0 fully saturated rings. The summed E-state index contributed by atoms with van der Waals surface area (Å²) in [6, 6.07) is 7.59. The van der Waals surface area contributed by atoms with Crippen LogP contribution < -0.4 is 16.2 Å². The predicted molar refractivity (Wildman–Crippen MR) is 59.4 cm³/mol. The fourth-order valence-electron chi connectivity index (χ4n) is 1.86. The minimum absolute atomic E-state index is 0.0215. The van der Waals surface area contributed by atoms with E-state index in [4.69, 9.17) is 5.84 Å². The number of amides is 2. The first-order chi connectivity index (χ1) is 7.72. The van der Waals surface area contributed by atoms with E-state index in [-0.39, 0.29) is 18.4 Å². The number of hydrazine groups is 1. The minimum atomic E-state index is -0.370. The van der Waals surface area contributed by atoms with E-state index >= 15 is 0 Å². The van der Waals surface area contributed by atoms with Gasteiger partial charge in [0.1, 0.15) is 6.54 Å². The maximum atomic E-state index is 11.7. The van der Waals surface area contributed by atoms with Crippen LogP contribution in [0.4, 0.5) is 5.69 Å². The number of anilines is 1. The standard InChI is InChI=1S/C11H13N3O2/c12-13-10(15)7-14-9-4-2-1-3-8(9)5-6-11(14)16/h1-4H,5-7,12H2,(H,13,15). The monoisotopic (exact) mass is 219 g/mol. The molecule has 3 N–H and O–H groups in total. The first-order valence-electron chi connectivity index (χ1n) is 5.10. The molecule has 1 aromatic carbocycles. The highest BCUT2D eigenvalue weighted by molar-refractivity contribution is 6.00. The summed E-state index contributed by atoms with van der Waals surface area (Å²) < 4.78 is 0. The molecule has 1 heterocycles. The van der Waals surface area contributed by atoms with Crippen LogP contribution in [0, 0.1) is 0 Å². The van der Waals surface area contributed by atoms with Crippen molar-refractivity contribution in [1.82, 2.24) is 5.43 Å². The molecule has 84 valence electrons. The van der Waals surface area contributed by atoms with Crippen molar-refractivity contribution in [2.24, 2.45) is 5.84 Å². The number of carbonyl (C=O) groups is 2. The molecule has 0 aliphatic carbocycles. The SMILES string of the molecule is NNC(=O)CN1C(=O)CCc2ccccc21. The molecule has 1 aromatic rings. The molecule has 1 aliphatic rings. The van der Waals surface area contributed by atoms with Gasteiger partial charge < -0.3 is 4.90 Å². The van der Waals surface area contributed by atoms with E-state index in [2.05, 4.69) is 0 Å². The lowest BCUT2D eigenvalue weighted by molar-refractivity contribution is -0.124. The molecule has 1 aliphatic heterocycles. The lowest BCUT2D eigenvalue weighted by Gasteiger charge is -2.28. The van der Waals surface area contributed by atoms with Crippen LogP contribution in [-0.2, 0) is 16.0 Å². The molecule has 0 saturated carbocycles. The summed E-state index contributed by atoms with van der Waals surface area (Å²) in [6.45, 7) is -0.0215. The number of nitrogens with zero attached hydrogens (tertiary/aromatic N) is 1. The van der Waals surface area contributed by atoms with Gasteiger partial charge in [0.05, 0.1) is 0 Å².